The Morgan fingerprint density at radius 3 is 2.22 bits per heavy atom. The van der Waals surface area contributed by atoms with E-state index in [0.29, 0.717) is 17.2 Å². The maximum atomic E-state index is 12.3. The summed E-state index contributed by atoms with van der Waals surface area (Å²) in [4.78, 5) is 12.3. The van der Waals surface area contributed by atoms with Crippen molar-refractivity contribution >= 4 is 5.97 Å². The second-order valence-electron chi connectivity index (χ2n) is 6.82. The van der Waals surface area contributed by atoms with E-state index in [1.165, 1.54) is 0 Å². The van der Waals surface area contributed by atoms with E-state index in [0.717, 1.165) is 11.3 Å². The van der Waals surface area contributed by atoms with Gasteiger partial charge in [-0.05, 0) is 56.5 Å². The Bertz CT molecular complexity index is 667. The molecule has 3 nitrogen and oxygen atoms in total. The standard InChI is InChI=1S/C20H24O3/c1-14(2)17-12-11-15(19(21)23-20(3,4)5)13-18(17)22-16-9-7-6-8-10-16/h6-14H,1-5H3. The number of carbonyl (C=O) groups excluding carboxylic acids is 1. The molecule has 122 valence electrons. The molecular weight excluding hydrogens is 288 g/mol. The van der Waals surface area contributed by atoms with E-state index in [1.807, 2.05) is 57.2 Å². The number of hydrogen-bond donors (Lipinski definition) is 0. The molecule has 3 heteroatoms. The Hall–Kier alpha value is -2.29. The molecule has 2 rings (SSSR count). The molecule has 0 saturated heterocycles. The quantitative estimate of drug-likeness (QED) is 0.694. The largest absolute Gasteiger partial charge is 0.457 e. The van der Waals surface area contributed by atoms with Gasteiger partial charge in [-0.3, -0.25) is 0 Å². The molecule has 0 aromatic heterocycles. The fourth-order valence-electron chi connectivity index (χ4n) is 2.18. The summed E-state index contributed by atoms with van der Waals surface area (Å²) in [5, 5.41) is 0. The predicted molar refractivity (Wildman–Crippen MR) is 92.2 cm³/mol. The van der Waals surface area contributed by atoms with Crippen LogP contribution in [0.2, 0.25) is 0 Å². The highest BCUT2D eigenvalue weighted by Gasteiger charge is 2.20. The number of carbonyl (C=O) groups is 1. The topological polar surface area (TPSA) is 35.5 Å². The van der Waals surface area contributed by atoms with E-state index in [4.69, 9.17) is 9.47 Å². The lowest BCUT2D eigenvalue weighted by atomic mass is 10.00. The zero-order valence-corrected chi connectivity index (χ0v) is 14.4. The summed E-state index contributed by atoms with van der Waals surface area (Å²) in [6.45, 7) is 9.76. The Morgan fingerprint density at radius 1 is 1.00 bits per heavy atom. The Morgan fingerprint density at radius 2 is 1.65 bits per heavy atom. The molecule has 2 aromatic rings. The third kappa shape index (κ3) is 4.85. The lowest BCUT2D eigenvalue weighted by Gasteiger charge is -2.20. The summed E-state index contributed by atoms with van der Waals surface area (Å²) in [7, 11) is 0. The van der Waals surface area contributed by atoms with Crippen molar-refractivity contribution in [3.05, 3.63) is 59.7 Å². The van der Waals surface area contributed by atoms with Crippen LogP contribution in [0.1, 0.15) is 56.5 Å². The lowest BCUT2D eigenvalue weighted by molar-refractivity contribution is 0.00692. The van der Waals surface area contributed by atoms with Crippen LogP contribution >= 0.6 is 0 Å². The first-order valence-corrected chi connectivity index (χ1v) is 7.86. The molecule has 0 heterocycles. The number of esters is 1. The van der Waals surface area contributed by atoms with Crippen LogP contribution in [0.4, 0.5) is 0 Å². The minimum Gasteiger partial charge on any atom is -0.457 e. The zero-order valence-electron chi connectivity index (χ0n) is 14.4. The molecule has 0 amide bonds. The summed E-state index contributed by atoms with van der Waals surface area (Å²) in [6, 6.07) is 15.0. The van der Waals surface area contributed by atoms with Crippen LogP contribution in [-0.4, -0.2) is 11.6 Å². The Kier molecular flexibility index (Phi) is 5.09. The molecule has 0 fully saturated rings. The van der Waals surface area contributed by atoms with Gasteiger partial charge in [0, 0.05) is 0 Å². The Balaban J connectivity index is 2.34. The van der Waals surface area contributed by atoms with Gasteiger partial charge in [0.05, 0.1) is 5.56 Å². The van der Waals surface area contributed by atoms with Crippen molar-refractivity contribution in [2.45, 2.75) is 46.1 Å². The summed E-state index contributed by atoms with van der Waals surface area (Å²) >= 11 is 0. The van der Waals surface area contributed by atoms with Crippen LogP contribution in [0.3, 0.4) is 0 Å². The van der Waals surface area contributed by atoms with Crippen LogP contribution in [0, 0.1) is 0 Å². The molecule has 0 atom stereocenters. The van der Waals surface area contributed by atoms with Crippen molar-refractivity contribution < 1.29 is 14.3 Å². The number of para-hydroxylation sites is 1. The summed E-state index contributed by atoms with van der Waals surface area (Å²) in [6.07, 6.45) is 0. The maximum Gasteiger partial charge on any atom is 0.338 e. The van der Waals surface area contributed by atoms with Crippen molar-refractivity contribution in [2.75, 3.05) is 0 Å². The monoisotopic (exact) mass is 312 g/mol. The molecule has 0 radical (unpaired) electrons. The van der Waals surface area contributed by atoms with E-state index in [1.54, 1.807) is 12.1 Å². The predicted octanol–water partition coefficient (Wildman–Crippen LogP) is 5.56. The highest BCUT2D eigenvalue weighted by Crippen LogP contribution is 2.32. The molecule has 2 aromatic carbocycles. The molecule has 0 aliphatic heterocycles. The van der Waals surface area contributed by atoms with Crippen LogP contribution in [-0.2, 0) is 4.74 Å². The van der Waals surface area contributed by atoms with Crippen molar-refractivity contribution in [3.8, 4) is 11.5 Å². The van der Waals surface area contributed by atoms with Gasteiger partial charge in [0.25, 0.3) is 0 Å². The third-order valence-electron chi connectivity index (χ3n) is 3.24. The van der Waals surface area contributed by atoms with Gasteiger partial charge in [-0.2, -0.15) is 0 Å². The van der Waals surface area contributed by atoms with Gasteiger partial charge in [0.1, 0.15) is 17.1 Å². The summed E-state index contributed by atoms with van der Waals surface area (Å²) in [5.74, 6) is 1.39. The van der Waals surface area contributed by atoms with E-state index in [-0.39, 0.29) is 5.97 Å². The number of benzene rings is 2. The van der Waals surface area contributed by atoms with Crippen molar-refractivity contribution in [1.82, 2.24) is 0 Å². The van der Waals surface area contributed by atoms with Gasteiger partial charge >= 0.3 is 5.97 Å². The second kappa shape index (κ2) is 6.86. The molecule has 0 N–H and O–H groups in total. The molecular formula is C20H24O3. The molecule has 0 saturated carbocycles. The fourth-order valence-corrected chi connectivity index (χ4v) is 2.18. The van der Waals surface area contributed by atoms with Crippen molar-refractivity contribution in [2.24, 2.45) is 0 Å². The first kappa shape index (κ1) is 17.1. The molecule has 0 aliphatic carbocycles. The van der Waals surface area contributed by atoms with Gasteiger partial charge in [-0.1, -0.05) is 38.1 Å². The van der Waals surface area contributed by atoms with E-state index in [9.17, 15) is 4.79 Å². The molecule has 0 bridgehead atoms. The highest BCUT2D eigenvalue weighted by atomic mass is 16.6. The summed E-state index contributed by atoms with van der Waals surface area (Å²) in [5.41, 5.74) is 1.03. The van der Waals surface area contributed by atoms with Crippen LogP contribution < -0.4 is 4.74 Å². The average molecular weight is 312 g/mol. The van der Waals surface area contributed by atoms with E-state index >= 15 is 0 Å². The zero-order chi connectivity index (χ0) is 17.0. The highest BCUT2D eigenvalue weighted by molar-refractivity contribution is 5.90. The minimum absolute atomic E-state index is 0.293. The molecule has 23 heavy (non-hydrogen) atoms. The van der Waals surface area contributed by atoms with Gasteiger partial charge in [0.15, 0.2) is 0 Å². The van der Waals surface area contributed by atoms with E-state index < -0.39 is 5.60 Å². The van der Waals surface area contributed by atoms with Crippen LogP contribution in [0.15, 0.2) is 48.5 Å². The SMILES string of the molecule is CC(C)c1ccc(C(=O)OC(C)(C)C)cc1Oc1ccccc1. The maximum absolute atomic E-state index is 12.3. The Labute approximate surface area is 138 Å². The lowest BCUT2D eigenvalue weighted by Crippen LogP contribution is -2.23. The van der Waals surface area contributed by atoms with Crippen LogP contribution in [0.5, 0.6) is 11.5 Å². The van der Waals surface area contributed by atoms with Gasteiger partial charge in [-0.25, -0.2) is 4.79 Å². The van der Waals surface area contributed by atoms with E-state index in [2.05, 4.69) is 13.8 Å². The van der Waals surface area contributed by atoms with Gasteiger partial charge < -0.3 is 9.47 Å². The van der Waals surface area contributed by atoms with Crippen molar-refractivity contribution in [3.63, 3.8) is 0 Å². The fraction of sp³-hybridized carbons (Fsp3) is 0.350. The second-order valence-corrected chi connectivity index (χ2v) is 6.82. The summed E-state index contributed by atoms with van der Waals surface area (Å²) < 4.78 is 11.4. The smallest absolute Gasteiger partial charge is 0.338 e. The minimum atomic E-state index is -0.520. The number of hydrogen-bond acceptors (Lipinski definition) is 3. The number of rotatable bonds is 4. The number of ether oxygens (including phenoxy) is 2. The van der Waals surface area contributed by atoms with Crippen LogP contribution in [0.25, 0.3) is 0 Å². The molecule has 0 aliphatic rings. The average Bonchev–Trinajstić information content (AvgIpc) is 2.46. The first-order valence-electron chi connectivity index (χ1n) is 7.86. The van der Waals surface area contributed by atoms with Gasteiger partial charge in [0.2, 0.25) is 0 Å². The van der Waals surface area contributed by atoms with Gasteiger partial charge in [-0.15, -0.1) is 0 Å². The molecule has 0 unspecified atom stereocenters. The first-order chi connectivity index (χ1) is 10.8. The third-order valence-corrected chi connectivity index (χ3v) is 3.24. The normalized spacial score (nSPS) is 11.4. The van der Waals surface area contributed by atoms with Crippen molar-refractivity contribution in [1.29, 1.82) is 0 Å². The molecule has 0 spiro atoms.